The van der Waals surface area contributed by atoms with E-state index in [2.05, 4.69) is 10.1 Å². The summed E-state index contributed by atoms with van der Waals surface area (Å²) in [5.41, 5.74) is 1.81. The molecule has 1 aliphatic heterocycles. The van der Waals surface area contributed by atoms with Gasteiger partial charge in [-0.05, 0) is 18.2 Å². The van der Waals surface area contributed by atoms with E-state index in [0.717, 1.165) is 17.0 Å². The van der Waals surface area contributed by atoms with Crippen molar-refractivity contribution >= 4 is 5.91 Å². The molecule has 0 saturated heterocycles. The number of amides is 1. The summed E-state index contributed by atoms with van der Waals surface area (Å²) in [6, 6.07) is 11.6. The number of rotatable bonds is 3. The third kappa shape index (κ3) is 2.75. The van der Waals surface area contributed by atoms with E-state index in [0.29, 0.717) is 25.4 Å². The van der Waals surface area contributed by atoms with Crippen molar-refractivity contribution in [2.45, 2.75) is 19.5 Å². The minimum atomic E-state index is 0.0450. The van der Waals surface area contributed by atoms with Gasteiger partial charge in [0.05, 0.1) is 6.54 Å². The molecule has 0 atom stereocenters. The van der Waals surface area contributed by atoms with Crippen LogP contribution in [0.2, 0.25) is 0 Å². The average molecular weight is 308 g/mol. The van der Waals surface area contributed by atoms with Crippen molar-refractivity contribution in [1.82, 2.24) is 19.7 Å². The number of nitrogens with zero attached hydrogens (tertiary/aromatic N) is 4. The molecule has 3 heterocycles. The zero-order chi connectivity index (χ0) is 15.6. The fraction of sp³-hybridized carbons (Fsp3) is 0.235. The van der Waals surface area contributed by atoms with E-state index in [1.54, 1.807) is 22.0 Å². The van der Waals surface area contributed by atoms with E-state index in [4.69, 9.17) is 4.42 Å². The van der Waals surface area contributed by atoms with Gasteiger partial charge in [0.1, 0.15) is 18.0 Å². The molecule has 6 nitrogen and oxygen atoms in total. The molecule has 0 unspecified atom stereocenters. The Bertz CT molecular complexity index is 809. The topological polar surface area (TPSA) is 64.2 Å². The number of fused-ring (bicyclic) bond motifs is 1. The van der Waals surface area contributed by atoms with Crippen LogP contribution in [-0.4, -0.2) is 32.1 Å². The number of carbonyl (C=O) groups excluding carboxylic acids is 1. The minimum Gasteiger partial charge on any atom is -0.441 e. The van der Waals surface area contributed by atoms with Crippen molar-refractivity contribution < 1.29 is 9.21 Å². The third-order valence-corrected chi connectivity index (χ3v) is 3.96. The molecule has 0 bridgehead atoms. The van der Waals surface area contributed by atoms with E-state index in [-0.39, 0.29) is 12.5 Å². The average Bonchev–Trinajstić information content (AvgIpc) is 3.24. The second-order valence-electron chi connectivity index (χ2n) is 5.52. The van der Waals surface area contributed by atoms with Gasteiger partial charge in [-0.25, -0.2) is 4.98 Å². The Kier molecular flexibility index (Phi) is 3.42. The second-order valence-corrected chi connectivity index (χ2v) is 5.52. The number of hydrogen-bond donors (Lipinski definition) is 0. The molecule has 4 rings (SSSR count). The van der Waals surface area contributed by atoms with Gasteiger partial charge in [0.2, 0.25) is 11.8 Å². The van der Waals surface area contributed by atoms with Crippen LogP contribution in [0.15, 0.2) is 53.2 Å². The maximum absolute atomic E-state index is 12.4. The molecule has 1 aromatic carbocycles. The third-order valence-electron chi connectivity index (χ3n) is 3.96. The SMILES string of the molecule is O=C(Cn1cccn1)N1CCc2oc(-c3ccccc3)nc2C1. The standard InChI is InChI=1S/C17H16N4O2/c22-16(12-21-9-4-8-18-21)20-10-7-15-14(11-20)19-17(23-15)13-5-2-1-3-6-13/h1-6,8-9H,7,10-12H2. The zero-order valence-electron chi connectivity index (χ0n) is 12.6. The Morgan fingerprint density at radius 1 is 1.22 bits per heavy atom. The normalized spacial score (nSPS) is 13.8. The van der Waals surface area contributed by atoms with Gasteiger partial charge in [-0.2, -0.15) is 5.10 Å². The highest BCUT2D eigenvalue weighted by Crippen LogP contribution is 2.26. The molecule has 23 heavy (non-hydrogen) atoms. The molecule has 1 amide bonds. The van der Waals surface area contributed by atoms with Crippen molar-refractivity contribution in [2.24, 2.45) is 0 Å². The molecule has 2 aromatic heterocycles. The smallest absolute Gasteiger partial charge is 0.244 e. The Morgan fingerprint density at radius 3 is 2.87 bits per heavy atom. The fourth-order valence-electron chi connectivity index (χ4n) is 2.75. The predicted molar refractivity (Wildman–Crippen MR) is 83.3 cm³/mol. The van der Waals surface area contributed by atoms with Crippen LogP contribution in [0.25, 0.3) is 11.5 Å². The van der Waals surface area contributed by atoms with Crippen LogP contribution in [0, 0.1) is 0 Å². The summed E-state index contributed by atoms with van der Waals surface area (Å²) in [5.74, 6) is 1.55. The lowest BCUT2D eigenvalue weighted by atomic mass is 10.1. The maximum Gasteiger partial charge on any atom is 0.244 e. The van der Waals surface area contributed by atoms with Crippen LogP contribution in [0.3, 0.4) is 0 Å². The summed E-state index contributed by atoms with van der Waals surface area (Å²) in [7, 11) is 0. The summed E-state index contributed by atoms with van der Waals surface area (Å²) in [6.07, 6.45) is 4.16. The summed E-state index contributed by atoms with van der Waals surface area (Å²) in [6.45, 7) is 1.40. The summed E-state index contributed by atoms with van der Waals surface area (Å²) < 4.78 is 7.49. The first kappa shape index (κ1) is 13.8. The first-order valence-corrected chi connectivity index (χ1v) is 7.59. The van der Waals surface area contributed by atoms with Crippen LogP contribution in [0.5, 0.6) is 0 Å². The van der Waals surface area contributed by atoms with Gasteiger partial charge in [0.15, 0.2) is 0 Å². The van der Waals surface area contributed by atoms with Gasteiger partial charge in [-0.1, -0.05) is 18.2 Å². The van der Waals surface area contributed by atoms with Crippen LogP contribution in [-0.2, 0) is 24.3 Å². The van der Waals surface area contributed by atoms with E-state index in [9.17, 15) is 4.79 Å². The lowest BCUT2D eigenvalue weighted by Crippen LogP contribution is -2.38. The molecular weight excluding hydrogens is 292 g/mol. The molecule has 3 aromatic rings. The number of benzene rings is 1. The highest BCUT2D eigenvalue weighted by atomic mass is 16.4. The Balaban J connectivity index is 1.51. The molecule has 0 spiro atoms. The van der Waals surface area contributed by atoms with Gasteiger partial charge in [-0.3, -0.25) is 9.48 Å². The second kappa shape index (κ2) is 5.72. The molecule has 0 fully saturated rings. The molecule has 1 aliphatic rings. The minimum absolute atomic E-state index is 0.0450. The van der Waals surface area contributed by atoms with E-state index < -0.39 is 0 Å². The highest BCUT2D eigenvalue weighted by Gasteiger charge is 2.25. The van der Waals surface area contributed by atoms with E-state index in [1.807, 2.05) is 36.4 Å². The number of hydrogen-bond acceptors (Lipinski definition) is 4. The van der Waals surface area contributed by atoms with Crippen LogP contribution in [0.1, 0.15) is 11.5 Å². The fourth-order valence-corrected chi connectivity index (χ4v) is 2.75. The van der Waals surface area contributed by atoms with Gasteiger partial charge in [-0.15, -0.1) is 0 Å². The monoisotopic (exact) mass is 308 g/mol. The molecule has 0 aliphatic carbocycles. The summed E-state index contributed by atoms with van der Waals surface area (Å²) in [4.78, 5) is 18.7. The van der Waals surface area contributed by atoms with Crippen molar-refractivity contribution in [3.05, 3.63) is 60.2 Å². The number of oxazole rings is 1. The number of aromatic nitrogens is 3. The van der Waals surface area contributed by atoms with Crippen LogP contribution in [0.4, 0.5) is 0 Å². The first-order valence-electron chi connectivity index (χ1n) is 7.59. The molecular formula is C17H16N4O2. The van der Waals surface area contributed by atoms with Crippen molar-refractivity contribution in [2.75, 3.05) is 6.54 Å². The molecule has 0 radical (unpaired) electrons. The van der Waals surface area contributed by atoms with Gasteiger partial charge in [0.25, 0.3) is 0 Å². The predicted octanol–water partition coefficient (Wildman–Crippen LogP) is 2.12. The van der Waals surface area contributed by atoms with Crippen LogP contribution < -0.4 is 0 Å². The van der Waals surface area contributed by atoms with Gasteiger partial charge in [0, 0.05) is 30.9 Å². The number of carbonyl (C=O) groups is 1. The first-order chi connectivity index (χ1) is 11.3. The lowest BCUT2D eigenvalue weighted by Gasteiger charge is -2.25. The van der Waals surface area contributed by atoms with Gasteiger partial charge >= 0.3 is 0 Å². The quantitative estimate of drug-likeness (QED) is 0.743. The van der Waals surface area contributed by atoms with Gasteiger partial charge < -0.3 is 9.32 Å². The summed E-state index contributed by atoms with van der Waals surface area (Å²) in [5, 5.41) is 4.07. The summed E-state index contributed by atoms with van der Waals surface area (Å²) >= 11 is 0. The zero-order valence-corrected chi connectivity index (χ0v) is 12.6. The molecule has 0 N–H and O–H groups in total. The van der Waals surface area contributed by atoms with E-state index >= 15 is 0 Å². The van der Waals surface area contributed by atoms with E-state index in [1.165, 1.54) is 0 Å². The van der Waals surface area contributed by atoms with Crippen LogP contribution >= 0.6 is 0 Å². The van der Waals surface area contributed by atoms with Crippen molar-refractivity contribution in [3.63, 3.8) is 0 Å². The molecule has 0 saturated carbocycles. The van der Waals surface area contributed by atoms with Crippen molar-refractivity contribution in [3.8, 4) is 11.5 Å². The Hall–Kier alpha value is -2.89. The molecule has 6 heteroatoms. The maximum atomic E-state index is 12.4. The highest BCUT2D eigenvalue weighted by molar-refractivity contribution is 5.76. The molecule has 116 valence electrons. The largest absolute Gasteiger partial charge is 0.441 e. The van der Waals surface area contributed by atoms with Crippen molar-refractivity contribution in [1.29, 1.82) is 0 Å². The Labute approximate surface area is 133 Å². The lowest BCUT2D eigenvalue weighted by molar-refractivity contribution is -0.133. The Morgan fingerprint density at radius 2 is 2.09 bits per heavy atom.